The van der Waals surface area contributed by atoms with Gasteiger partial charge in [0.25, 0.3) is 0 Å². The van der Waals surface area contributed by atoms with Crippen molar-refractivity contribution in [2.75, 3.05) is 0 Å². The summed E-state index contributed by atoms with van der Waals surface area (Å²) in [5, 5.41) is 3.20. The minimum Gasteiger partial charge on any atom is -0.320 e. The van der Waals surface area contributed by atoms with Crippen LogP contribution in [0.15, 0.2) is 60.7 Å². The highest BCUT2D eigenvalue weighted by molar-refractivity contribution is 6.31. The first-order valence-electron chi connectivity index (χ1n) is 6.65. The lowest BCUT2D eigenvalue weighted by molar-refractivity contribution is 0.873. The Morgan fingerprint density at radius 1 is 0.850 bits per heavy atom. The molecule has 1 unspecified atom stereocenters. The van der Waals surface area contributed by atoms with Crippen molar-refractivity contribution in [3.63, 3.8) is 0 Å². The van der Waals surface area contributed by atoms with E-state index < -0.39 is 0 Å². The minimum atomic E-state index is -0.155. The van der Waals surface area contributed by atoms with Crippen molar-refractivity contribution in [1.29, 1.82) is 0 Å². The van der Waals surface area contributed by atoms with Crippen LogP contribution in [-0.2, 0) is 0 Å². The summed E-state index contributed by atoms with van der Waals surface area (Å²) < 4.78 is 0. The number of hydrogen-bond donors (Lipinski definition) is 1. The molecule has 0 saturated carbocycles. The third kappa shape index (κ3) is 2.43. The summed E-state index contributed by atoms with van der Waals surface area (Å²) >= 11 is 6.18. The highest BCUT2D eigenvalue weighted by Gasteiger charge is 2.10. The molecular weight excluding hydrogens is 266 g/mol. The summed E-state index contributed by atoms with van der Waals surface area (Å²) in [5.74, 6) is 0. The predicted octanol–water partition coefficient (Wildman–Crippen LogP) is 4.85. The molecule has 0 fully saturated rings. The maximum atomic E-state index is 6.37. The fourth-order valence-corrected chi connectivity index (χ4v) is 2.59. The standard InChI is InChI=1S/C18H16ClN/c1-12-6-7-16(11-17(12)19)18(20)15-9-8-13-4-2-3-5-14(13)10-15/h2-11,18H,20H2,1H3. The molecule has 0 amide bonds. The molecule has 2 heteroatoms. The van der Waals surface area contributed by atoms with Gasteiger partial charge in [0.2, 0.25) is 0 Å². The Kier molecular flexibility index (Phi) is 3.47. The molecule has 3 aromatic carbocycles. The molecule has 3 rings (SSSR count). The van der Waals surface area contributed by atoms with Gasteiger partial charge in [-0.25, -0.2) is 0 Å². The first kappa shape index (κ1) is 13.2. The van der Waals surface area contributed by atoms with E-state index in [-0.39, 0.29) is 6.04 Å². The van der Waals surface area contributed by atoms with Crippen LogP contribution in [0.2, 0.25) is 5.02 Å². The molecule has 3 aromatic rings. The summed E-state index contributed by atoms with van der Waals surface area (Å²) in [4.78, 5) is 0. The van der Waals surface area contributed by atoms with Crippen LogP contribution in [0.25, 0.3) is 10.8 Å². The average molecular weight is 282 g/mol. The minimum absolute atomic E-state index is 0.155. The Morgan fingerprint density at radius 3 is 2.25 bits per heavy atom. The van der Waals surface area contributed by atoms with E-state index in [0.717, 1.165) is 21.7 Å². The van der Waals surface area contributed by atoms with Gasteiger partial charge in [-0.3, -0.25) is 0 Å². The van der Waals surface area contributed by atoms with Gasteiger partial charge in [-0.1, -0.05) is 60.1 Å². The fourth-order valence-electron chi connectivity index (χ4n) is 2.40. The second-order valence-corrected chi connectivity index (χ2v) is 5.50. The smallest absolute Gasteiger partial charge is 0.0552 e. The molecule has 0 heterocycles. The Labute approximate surface area is 124 Å². The summed E-state index contributed by atoms with van der Waals surface area (Å²) in [6.07, 6.45) is 0. The zero-order valence-electron chi connectivity index (χ0n) is 11.3. The number of halogens is 1. The summed E-state index contributed by atoms with van der Waals surface area (Å²) in [6, 6.07) is 20.5. The average Bonchev–Trinajstić information content (AvgIpc) is 2.49. The van der Waals surface area contributed by atoms with Gasteiger partial charge in [0.15, 0.2) is 0 Å². The van der Waals surface area contributed by atoms with Crippen LogP contribution >= 0.6 is 11.6 Å². The van der Waals surface area contributed by atoms with E-state index in [4.69, 9.17) is 17.3 Å². The molecule has 0 aliphatic heterocycles. The van der Waals surface area contributed by atoms with Gasteiger partial charge in [-0.15, -0.1) is 0 Å². The Hall–Kier alpha value is -1.83. The Balaban J connectivity index is 2.02. The van der Waals surface area contributed by atoms with E-state index >= 15 is 0 Å². The van der Waals surface area contributed by atoms with Gasteiger partial charge < -0.3 is 5.73 Å². The highest BCUT2D eigenvalue weighted by atomic mass is 35.5. The molecule has 1 atom stereocenters. The molecule has 100 valence electrons. The van der Waals surface area contributed by atoms with Crippen LogP contribution in [-0.4, -0.2) is 0 Å². The fraction of sp³-hybridized carbons (Fsp3) is 0.111. The number of benzene rings is 3. The zero-order chi connectivity index (χ0) is 14.1. The number of aryl methyl sites for hydroxylation is 1. The van der Waals surface area contributed by atoms with Crippen LogP contribution in [0.3, 0.4) is 0 Å². The molecule has 20 heavy (non-hydrogen) atoms. The van der Waals surface area contributed by atoms with Crippen LogP contribution in [0.4, 0.5) is 0 Å². The second kappa shape index (κ2) is 5.28. The van der Waals surface area contributed by atoms with Crippen LogP contribution in [0.1, 0.15) is 22.7 Å². The molecule has 0 bridgehead atoms. The highest BCUT2D eigenvalue weighted by Crippen LogP contribution is 2.26. The zero-order valence-corrected chi connectivity index (χ0v) is 12.1. The topological polar surface area (TPSA) is 26.0 Å². The summed E-state index contributed by atoms with van der Waals surface area (Å²) in [6.45, 7) is 1.99. The van der Waals surface area contributed by atoms with Gasteiger partial charge in [-0.05, 0) is 46.5 Å². The van der Waals surface area contributed by atoms with Crippen LogP contribution in [0.5, 0.6) is 0 Å². The molecule has 0 saturated heterocycles. The molecule has 0 aliphatic rings. The van der Waals surface area contributed by atoms with Crippen molar-refractivity contribution >= 4 is 22.4 Å². The van der Waals surface area contributed by atoms with Gasteiger partial charge in [-0.2, -0.15) is 0 Å². The van der Waals surface area contributed by atoms with E-state index in [9.17, 15) is 0 Å². The molecule has 1 nitrogen and oxygen atoms in total. The van der Waals surface area contributed by atoms with Gasteiger partial charge >= 0.3 is 0 Å². The van der Waals surface area contributed by atoms with E-state index in [1.807, 2.05) is 37.3 Å². The van der Waals surface area contributed by atoms with Gasteiger partial charge in [0, 0.05) is 5.02 Å². The molecular formula is C18H16ClN. The number of nitrogens with two attached hydrogens (primary N) is 1. The lowest BCUT2D eigenvalue weighted by atomic mass is 9.96. The summed E-state index contributed by atoms with van der Waals surface area (Å²) in [5.41, 5.74) is 9.58. The molecule has 2 N–H and O–H groups in total. The second-order valence-electron chi connectivity index (χ2n) is 5.09. The largest absolute Gasteiger partial charge is 0.320 e. The van der Waals surface area contributed by atoms with Crippen molar-refractivity contribution in [2.45, 2.75) is 13.0 Å². The van der Waals surface area contributed by atoms with E-state index in [0.29, 0.717) is 0 Å². The normalized spacial score (nSPS) is 12.6. The van der Waals surface area contributed by atoms with Crippen molar-refractivity contribution < 1.29 is 0 Å². The third-order valence-electron chi connectivity index (χ3n) is 3.69. The van der Waals surface area contributed by atoms with Crippen molar-refractivity contribution in [3.05, 3.63) is 82.4 Å². The Bertz CT molecular complexity index is 764. The number of hydrogen-bond acceptors (Lipinski definition) is 1. The lowest BCUT2D eigenvalue weighted by Crippen LogP contribution is -2.11. The first-order chi connectivity index (χ1) is 9.65. The van der Waals surface area contributed by atoms with Gasteiger partial charge in [0.05, 0.1) is 6.04 Å². The number of rotatable bonds is 2. The van der Waals surface area contributed by atoms with Crippen LogP contribution in [0, 0.1) is 6.92 Å². The number of fused-ring (bicyclic) bond motifs is 1. The molecule has 0 spiro atoms. The van der Waals surface area contributed by atoms with Crippen molar-refractivity contribution in [1.82, 2.24) is 0 Å². The van der Waals surface area contributed by atoms with Crippen molar-refractivity contribution in [2.24, 2.45) is 5.73 Å². The summed E-state index contributed by atoms with van der Waals surface area (Å²) in [7, 11) is 0. The third-order valence-corrected chi connectivity index (χ3v) is 4.09. The maximum Gasteiger partial charge on any atom is 0.0552 e. The van der Waals surface area contributed by atoms with Crippen molar-refractivity contribution in [3.8, 4) is 0 Å². The van der Waals surface area contributed by atoms with Crippen LogP contribution < -0.4 is 5.73 Å². The monoisotopic (exact) mass is 281 g/mol. The van der Waals surface area contributed by atoms with E-state index in [1.54, 1.807) is 0 Å². The predicted molar refractivity (Wildman–Crippen MR) is 86.2 cm³/mol. The van der Waals surface area contributed by atoms with E-state index in [2.05, 4.69) is 30.3 Å². The SMILES string of the molecule is Cc1ccc(C(N)c2ccc3ccccc3c2)cc1Cl. The Morgan fingerprint density at radius 2 is 1.50 bits per heavy atom. The first-order valence-corrected chi connectivity index (χ1v) is 7.03. The molecule has 0 aromatic heterocycles. The molecule has 0 aliphatic carbocycles. The lowest BCUT2D eigenvalue weighted by Gasteiger charge is -2.14. The van der Waals surface area contributed by atoms with E-state index in [1.165, 1.54) is 10.8 Å². The van der Waals surface area contributed by atoms with Gasteiger partial charge in [0.1, 0.15) is 0 Å². The molecule has 0 radical (unpaired) electrons. The quantitative estimate of drug-likeness (QED) is 0.714. The maximum absolute atomic E-state index is 6.37.